The van der Waals surface area contributed by atoms with Crippen LogP contribution in [0.5, 0.6) is 0 Å². The molecule has 0 aliphatic rings. The molecule has 0 aromatic heterocycles. The zero-order valence-corrected chi connectivity index (χ0v) is 10.2. The highest BCUT2D eigenvalue weighted by molar-refractivity contribution is 5.85. The van der Waals surface area contributed by atoms with E-state index in [1.807, 2.05) is 0 Å². The van der Waals surface area contributed by atoms with Crippen LogP contribution in [0.15, 0.2) is 0 Å². The second-order valence-corrected chi connectivity index (χ2v) is 2.92. The maximum Gasteiger partial charge on any atom is 0.236 e. The summed E-state index contributed by atoms with van der Waals surface area (Å²) in [7, 11) is 3.25. The van der Waals surface area contributed by atoms with Crippen molar-refractivity contribution in [1.29, 1.82) is 0 Å². The number of nitrogens with two attached hydrogens (primary N) is 1. The predicted molar refractivity (Wildman–Crippen MR) is 61.3 cm³/mol. The summed E-state index contributed by atoms with van der Waals surface area (Å²) in [5.74, 6) is -0.0434. The van der Waals surface area contributed by atoms with Crippen molar-refractivity contribution in [2.45, 2.75) is 6.42 Å². The van der Waals surface area contributed by atoms with Gasteiger partial charge in [0, 0.05) is 33.9 Å². The molecule has 2 N–H and O–H groups in total. The van der Waals surface area contributed by atoms with Crippen LogP contribution in [-0.2, 0) is 14.3 Å². The van der Waals surface area contributed by atoms with Gasteiger partial charge in [-0.05, 0) is 6.42 Å². The van der Waals surface area contributed by atoms with Crippen molar-refractivity contribution in [3.8, 4) is 0 Å². The summed E-state index contributed by atoms with van der Waals surface area (Å²) >= 11 is 0. The summed E-state index contributed by atoms with van der Waals surface area (Å²) < 4.78 is 9.82. The molecule has 0 aliphatic carbocycles. The molecule has 0 heterocycles. The molecule has 0 unspecified atom stereocenters. The number of hydrogen-bond donors (Lipinski definition) is 1. The van der Waals surface area contributed by atoms with Crippen molar-refractivity contribution in [2.75, 3.05) is 47.1 Å². The van der Waals surface area contributed by atoms with E-state index in [-0.39, 0.29) is 24.9 Å². The number of hydrogen-bond acceptors (Lipinski definition) is 4. The number of methoxy groups -OCH3 is 2. The first-order chi connectivity index (χ1) is 6.76. The van der Waals surface area contributed by atoms with Crippen molar-refractivity contribution in [1.82, 2.24) is 4.90 Å². The standard InChI is InChI=1S/C9H20N2O3.ClH/c1-13-6-3-4-11(5-7-14-2)9(12)8-10;/h3-8,10H2,1-2H3;1H. The summed E-state index contributed by atoms with van der Waals surface area (Å²) in [6.45, 7) is 2.51. The zero-order chi connectivity index (χ0) is 10.8. The van der Waals surface area contributed by atoms with Crippen molar-refractivity contribution < 1.29 is 14.3 Å². The minimum atomic E-state index is -0.0434. The molecule has 0 bridgehead atoms. The Morgan fingerprint density at radius 3 is 2.27 bits per heavy atom. The third kappa shape index (κ3) is 8.62. The van der Waals surface area contributed by atoms with E-state index in [0.29, 0.717) is 26.3 Å². The number of nitrogens with zero attached hydrogens (tertiary/aromatic N) is 1. The Bertz CT molecular complexity index is 158. The van der Waals surface area contributed by atoms with Gasteiger partial charge in [-0.2, -0.15) is 0 Å². The van der Waals surface area contributed by atoms with Crippen molar-refractivity contribution >= 4 is 18.3 Å². The van der Waals surface area contributed by atoms with Gasteiger partial charge in [-0.15, -0.1) is 12.4 Å². The van der Waals surface area contributed by atoms with Crippen LogP contribution in [0.1, 0.15) is 6.42 Å². The minimum Gasteiger partial charge on any atom is -0.385 e. The Hall–Kier alpha value is -0.360. The number of amides is 1. The van der Waals surface area contributed by atoms with Crippen LogP contribution in [0.3, 0.4) is 0 Å². The molecule has 6 heteroatoms. The fraction of sp³-hybridized carbons (Fsp3) is 0.889. The average Bonchev–Trinajstić information content (AvgIpc) is 2.22. The molecule has 0 atom stereocenters. The molecule has 1 amide bonds. The monoisotopic (exact) mass is 240 g/mol. The normalized spacial score (nSPS) is 9.53. The van der Waals surface area contributed by atoms with E-state index in [1.165, 1.54) is 0 Å². The lowest BCUT2D eigenvalue weighted by atomic mass is 10.3. The molecule has 0 radical (unpaired) electrons. The number of ether oxygens (including phenoxy) is 2. The molecular formula is C9H21ClN2O3. The number of carbonyl (C=O) groups excluding carboxylic acids is 1. The van der Waals surface area contributed by atoms with Gasteiger partial charge < -0.3 is 20.1 Å². The molecule has 0 saturated heterocycles. The largest absolute Gasteiger partial charge is 0.385 e. The molecule has 15 heavy (non-hydrogen) atoms. The number of carbonyl (C=O) groups is 1. The Morgan fingerprint density at radius 2 is 1.80 bits per heavy atom. The molecule has 92 valence electrons. The Morgan fingerprint density at radius 1 is 1.20 bits per heavy atom. The highest BCUT2D eigenvalue weighted by Gasteiger charge is 2.10. The Labute approximate surface area is 97.3 Å². The molecule has 0 fully saturated rings. The van der Waals surface area contributed by atoms with Crippen molar-refractivity contribution in [3.63, 3.8) is 0 Å². The summed E-state index contributed by atoms with van der Waals surface area (Å²) in [6.07, 6.45) is 0.825. The number of rotatable bonds is 8. The van der Waals surface area contributed by atoms with Crippen LogP contribution in [0.4, 0.5) is 0 Å². The smallest absolute Gasteiger partial charge is 0.236 e. The van der Waals surface area contributed by atoms with Gasteiger partial charge in [0.05, 0.1) is 13.2 Å². The summed E-state index contributed by atoms with van der Waals surface area (Å²) in [4.78, 5) is 13.0. The maximum atomic E-state index is 11.3. The third-order valence-corrected chi connectivity index (χ3v) is 1.87. The van der Waals surface area contributed by atoms with E-state index in [0.717, 1.165) is 6.42 Å². The van der Waals surface area contributed by atoms with Gasteiger partial charge >= 0.3 is 0 Å². The molecule has 5 nitrogen and oxygen atoms in total. The average molecular weight is 241 g/mol. The van der Waals surface area contributed by atoms with E-state index in [1.54, 1.807) is 19.1 Å². The first-order valence-corrected chi connectivity index (χ1v) is 4.72. The molecule has 0 rings (SSSR count). The highest BCUT2D eigenvalue weighted by Crippen LogP contribution is 1.93. The second kappa shape index (κ2) is 11.7. The van der Waals surface area contributed by atoms with Crippen LogP contribution >= 0.6 is 12.4 Å². The zero-order valence-electron chi connectivity index (χ0n) is 9.40. The van der Waals surface area contributed by atoms with Crippen LogP contribution in [0, 0.1) is 0 Å². The van der Waals surface area contributed by atoms with E-state index in [4.69, 9.17) is 15.2 Å². The van der Waals surface area contributed by atoms with Crippen LogP contribution in [0.25, 0.3) is 0 Å². The summed E-state index contributed by atoms with van der Waals surface area (Å²) in [5, 5.41) is 0. The van der Waals surface area contributed by atoms with E-state index >= 15 is 0 Å². The topological polar surface area (TPSA) is 64.8 Å². The maximum absolute atomic E-state index is 11.3. The van der Waals surface area contributed by atoms with Gasteiger partial charge in [-0.25, -0.2) is 0 Å². The van der Waals surface area contributed by atoms with E-state index in [9.17, 15) is 4.79 Å². The number of halogens is 1. The lowest BCUT2D eigenvalue weighted by Gasteiger charge is -2.21. The van der Waals surface area contributed by atoms with Crippen molar-refractivity contribution in [3.05, 3.63) is 0 Å². The van der Waals surface area contributed by atoms with Gasteiger partial charge in [0.15, 0.2) is 0 Å². The molecule has 0 aliphatic heterocycles. The second-order valence-electron chi connectivity index (χ2n) is 2.92. The summed E-state index contributed by atoms with van der Waals surface area (Å²) in [5.41, 5.74) is 5.29. The fourth-order valence-corrected chi connectivity index (χ4v) is 1.09. The molecule has 0 saturated carbocycles. The van der Waals surface area contributed by atoms with Crippen molar-refractivity contribution in [2.24, 2.45) is 5.73 Å². The van der Waals surface area contributed by atoms with Gasteiger partial charge in [0.2, 0.25) is 5.91 Å². The lowest BCUT2D eigenvalue weighted by molar-refractivity contribution is -0.130. The minimum absolute atomic E-state index is 0. The Balaban J connectivity index is 0. The molecule has 0 aromatic rings. The highest BCUT2D eigenvalue weighted by atomic mass is 35.5. The van der Waals surface area contributed by atoms with Crippen LogP contribution < -0.4 is 5.73 Å². The van der Waals surface area contributed by atoms with Crippen LogP contribution in [-0.4, -0.2) is 57.9 Å². The quantitative estimate of drug-likeness (QED) is 0.601. The van der Waals surface area contributed by atoms with E-state index < -0.39 is 0 Å². The van der Waals surface area contributed by atoms with E-state index in [2.05, 4.69) is 0 Å². The first-order valence-electron chi connectivity index (χ1n) is 4.72. The summed E-state index contributed by atoms with van der Waals surface area (Å²) in [6, 6.07) is 0. The molecule has 0 aromatic carbocycles. The lowest BCUT2D eigenvalue weighted by Crippen LogP contribution is -2.39. The third-order valence-electron chi connectivity index (χ3n) is 1.87. The predicted octanol–water partition coefficient (Wildman–Crippen LogP) is -0.122. The van der Waals surface area contributed by atoms with Crippen LogP contribution in [0.2, 0.25) is 0 Å². The van der Waals surface area contributed by atoms with Gasteiger partial charge in [0.1, 0.15) is 0 Å². The fourth-order valence-electron chi connectivity index (χ4n) is 1.09. The van der Waals surface area contributed by atoms with Gasteiger partial charge in [0.25, 0.3) is 0 Å². The first kappa shape index (κ1) is 17.0. The van der Waals surface area contributed by atoms with Gasteiger partial charge in [-0.3, -0.25) is 4.79 Å². The molecular weight excluding hydrogens is 220 g/mol. The van der Waals surface area contributed by atoms with Gasteiger partial charge in [-0.1, -0.05) is 0 Å². The Kier molecular flexibility index (Phi) is 13.3. The molecule has 0 spiro atoms. The SMILES string of the molecule is COCCCN(CCOC)C(=O)CN.Cl.